The molecular formula is C14H21ClN2O. The predicted octanol–water partition coefficient (Wildman–Crippen LogP) is 2.99. The van der Waals surface area contributed by atoms with Crippen LogP contribution in [0.4, 0.5) is 0 Å². The fourth-order valence-corrected chi connectivity index (χ4v) is 2.54. The number of aromatic nitrogens is 1. The van der Waals surface area contributed by atoms with Gasteiger partial charge < -0.3 is 9.64 Å². The van der Waals surface area contributed by atoms with E-state index in [1.54, 1.807) is 0 Å². The van der Waals surface area contributed by atoms with Crippen molar-refractivity contribution in [3.63, 3.8) is 0 Å². The van der Waals surface area contributed by atoms with Gasteiger partial charge in [-0.2, -0.15) is 0 Å². The zero-order valence-electron chi connectivity index (χ0n) is 11.2. The number of halogens is 1. The minimum absolute atomic E-state index is 0.448. The van der Waals surface area contributed by atoms with Gasteiger partial charge in [-0.05, 0) is 33.4 Å². The number of pyridine rings is 1. The molecule has 1 fully saturated rings. The lowest BCUT2D eigenvalue weighted by Gasteiger charge is -2.32. The van der Waals surface area contributed by atoms with E-state index in [2.05, 4.69) is 16.9 Å². The first-order valence-corrected chi connectivity index (χ1v) is 7.08. The Labute approximate surface area is 114 Å². The summed E-state index contributed by atoms with van der Waals surface area (Å²) in [6, 6.07) is 2.50. The highest BCUT2D eigenvalue weighted by Crippen LogP contribution is 2.22. The molecule has 100 valence electrons. The SMILES string of the molecule is Cc1cc(OCC2CCCCN2C)c(CCl)cn1. The maximum atomic E-state index is 5.95. The molecule has 4 heteroatoms. The molecule has 0 spiro atoms. The van der Waals surface area contributed by atoms with Crippen molar-refractivity contribution < 1.29 is 4.74 Å². The van der Waals surface area contributed by atoms with Gasteiger partial charge in [0.25, 0.3) is 0 Å². The van der Waals surface area contributed by atoms with E-state index in [1.807, 2.05) is 19.2 Å². The van der Waals surface area contributed by atoms with Gasteiger partial charge in [-0.3, -0.25) is 4.98 Å². The molecule has 1 aromatic rings. The molecule has 0 aromatic carbocycles. The van der Waals surface area contributed by atoms with Crippen LogP contribution in [0.2, 0.25) is 0 Å². The van der Waals surface area contributed by atoms with E-state index in [0.29, 0.717) is 11.9 Å². The molecule has 1 atom stereocenters. The first-order valence-electron chi connectivity index (χ1n) is 6.55. The van der Waals surface area contributed by atoms with Crippen molar-refractivity contribution in [3.05, 3.63) is 23.5 Å². The Morgan fingerprint density at radius 3 is 3.06 bits per heavy atom. The van der Waals surface area contributed by atoms with Crippen LogP contribution in [-0.4, -0.2) is 36.1 Å². The van der Waals surface area contributed by atoms with Gasteiger partial charge in [-0.25, -0.2) is 0 Å². The zero-order chi connectivity index (χ0) is 13.0. The number of hydrogen-bond donors (Lipinski definition) is 0. The van der Waals surface area contributed by atoms with Gasteiger partial charge in [0.15, 0.2) is 0 Å². The van der Waals surface area contributed by atoms with Gasteiger partial charge in [-0.15, -0.1) is 11.6 Å². The Balaban J connectivity index is 1.98. The van der Waals surface area contributed by atoms with Crippen molar-refractivity contribution in [2.24, 2.45) is 0 Å². The number of likely N-dealkylation sites (tertiary alicyclic amines) is 1. The largest absolute Gasteiger partial charge is 0.492 e. The zero-order valence-corrected chi connectivity index (χ0v) is 11.9. The average Bonchev–Trinajstić information content (AvgIpc) is 2.38. The van der Waals surface area contributed by atoms with Crippen LogP contribution in [0.1, 0.15) is 30.5 Å². The molecule has 1 aliphatic rings. The molecular weight excluding hydrogens is 248 g/mol. The van der Waals surface area contributed by atoms with Gasteiger partial charge in [0.1, 0.15) is 12.4 Å². The summed E-state index contributed by atoms with van der Waals surface area (Å²) in [5.41, 5.74) is 1.94. The highest BCUT2D eigenvalue weighted by molar-refractivity contribution is 6.17. The first kappa shape index (κ1) is 13.6. The van der Waals surface area contributed by atoms with Gasteiger partial charge in [0.05, 0.1) is 5.88 Å². The second-order valence-corrected chi connectivity index (χ2v) is 5.28. The van der Waals surface area contributed by atoms with Crippen LogP contribution in [0, 0.1) is 6.92 Å². The van der Waals surface area contributed by atoms with Gasteiger partial charge in [0.2, 0.25) is 0 Å². The molecule has 1 aliphatic heterocycles. The molecule has 18 heavy (non-hydrogen) atoms. The lowest BCUT2D eigenvalue weighted by Crippen LogP contribution is -2.40. The number of aryl methyl sites for hydroxylation is 1. The summed E-state index contributed by atoms with van der Waals surface area (Å²) in [5.74, 6) is 1.33. The summed E-state index contributed by atoms with van der Waals surface area (Å²) >= 11 is 5.90. The van der Waals surface area contributed by atoms with Crippen molar-refractivity contribution in [1.82, 2.24) is 9.88 Å². The summed E-state index contributed by atoms with van der Waals surface area (Å²) in [6.45, 7) is 3.88. The number of likely N-dealkylation sites (N-methyl/N-ethyl adjacent to an activating group) is 1. The topological polar surface area (TPSA) is 25.4 Å². The summed E-state index contributed by atoms with van der Waals surface area (Å²) < 4.78 is 5.95. The molecule has 0 aliphatic carbocycles. The predicted molar refractivity (Wildman–Crippen MR) is 74.3 cm³/mol. The maximum Gasteiger partial charge on any atom is 0.127 e. The van der Waals surface area contributed by atoms with E-state index in [9.17, 15) is 0 Å². The molecule has 2 heterocycles. The van der Waals surface area contributed by atoms with Crippen LogP contribution in [0.3, 0.4) is 0 Å². The molecule has 0 saturated carbocycles. The number of ether oxygens (including phenoxy) is 1. The lowest BCUT2D eigenvalue weighted by molar-refractivity contribution is 0.124. The summed E-state index contributed by atoms with van der Waals surface area (Å²) in [6.07, 6.45) is 5.63. The molecule has 1 saturated heterocycles. The molecule has 1 unspecified atom stereocenters. The third kappa shape index (κ3) is 3.36. The van der Waals surface area contributed by atoms with Crippen LogP contribution >= 0.6 is 11.6 Å². The smallest absolute Gasteiger partial charge is 0.127 e. The summed E-state index contributed by atoms with van der Waals surface area (Å²) in [7, 11) is 2.17. The third-order valence-corrected chi connectivity index (χ3v) is 3.87. The van der Waals surface area contributed by atoms with Crippen molar-refractivity contribution in [2.75, 3.05) is 20.2 Å². The highest BCUT2D eigenvalue weighted by atomic mass is 35.5. The summed E-state index contributed by atoms with van der Waals surface area (Å²) in [4.78, 5) is 6.63. The number of piperidine rings is 1. The van der Waals surface area contributed by atoms with Crippen LogP contribution in [-0.2, 0) is 5.88 Å². The minimum Gasteiger partial charge on any atom is -0.492 e. The van der Waals surface area contributed by atoms with Crippen LogP contribution in [0.15, 0.2) is 12.3 Å². The minimum atomic E-state index is 0.448. The monoisotopic (exact) mass is 268 g/mol. The van der Waals surface area contributed by atoms with Crippen LogP contribution < -0.4 is 4.74 Å². The first-order chi connectivity index (χ1) is 8.70. The van der Waals surface area contributed by atoms with Gasteiger partial charge in [-0.1, -0.05) is 6.42 Å². The van der Waals surface area contributed by atoms with Crippen molar-refractivity contribution in [2.45, 2.75) is 38.1 Å². The fourth-order valence-electron chi connectivity index (χ4n) is 2.34. The van der Waals surface area contributed by atoms with Crippen molar-refractivity contribution in [3.8, 4) is 5.75 Å². The Bertz CT molecular complexity index is 397. The summed E-state index contributed by atoms with van der Waals surface area (Å²) in [5, 5.41) is 0. The van der Waals surface area contributed by atoms with Gasteiger partial charge >= 0.3 is 0 Å². The molecule has 0 radical (unpaired) electrons. The quantitative estimate of drug-likeness (QED) is 0.785. The number of alkyl halides is 1. The molecule has 3 nitrogen and oxygen atoms in total. The van der Waals surface area contributed by atoms with E-state index >= 15 is 0 Å². The average molecular weight is 269 g/mol. The van der Waals surface area contributed by atoms with E-state index in [-0.39, 0.29) is 0 Å². The maximum absolute atomic E-state index is 5.95. The standard InChI is InChI=1S/C14H21ClN2O/c1-11-7-14(12(8-15)9-16-11)18-10-13-5-3-4-6-17(13)2/h7,9,13H,3-6,8,10H2,1-2H3. The lowest BCUT2D eigenvalue weighted by atomic mass is 10.0. The van der Waals surface area contributed by atoms with Crippen LogP contribution in [0.5, 0.6) is 5.75 Å². The second kappa shape index (κ2) is 6.39. The van der Waals surface area contributed by atoms with Crippen molar-refractivity contribution >= 4 is 11.6 Å². The Kier molecular flexibility index (Phi) is 4.84. The van der Waals surface area contributed by atoms with Gasteiger partial charge in [0, 0.05) is 29.6 Å². The molecule has 1 aromatic heterocycles. The van der Waals surface area contributed by atoms with Crippen LogP contribution in [0.25, 0.3) is 0 Å². The van der Waals surface area contributed by atoms with E-state index in [1.165, 1.54) is 25.8 Å². The van der Waals surface area contributed by atoms with E-state index in [0.717, 1.165) is 23.6 Å². The molecule has 0 amide bonds. The molecule has 2 rings (SSSR count). The second-order valence-electron chi connectivity index (χ2n) is 5.01. The fraction of sp³-hybridized carbons (Fsp3) is 0.643. The third-order valence-electron chi connectivity index (χ3n) is 3.58. The van der Waals surface area contributed by atoms with E-state index in [4.69, 9.17) is 16.3 Å². The normalized spacial score (nSPS) is 20.9. The highest BCUT2D eigenvalue weighted by Gasteiger charge is 2.19. The molecule has 0 bridgehead atoms. The number of rotatable bonds is 4. The Morgan fingerprint density at radius 1 is 1.50 bits per heavy atom. The number of nitrogens with zero attached hydrogens (tertiary/aromatic N) is 2. The Hall–Kier alpha value is -0.800. The molecule has 0 N–H and O–H groups in total. The Morgan fingerprint density at radius 2 is 2.33 bits per heavy atom. The number of hydrogen-bond acceptors (Lipinski definition) is 3. The van der Waals surface area contributed by atoms with Crippen molar-refractivity contribution in [1.29, 1.82) is 0 Å². The van der Waals surface area contributed by atoms with E-state index < -0.39 is 0 Å².